The molecule has 104 valence electrons. The number of rotatable bonds is 4. The molecule has 0 amide bonds. The van der Waals surface area contributed by atoms with Crippen molar-refractivity contribution in [3.05, 3.63) is 41.7 Å². The standard InChI is InChI=1S/C16H20N4/c1-11-5-4-6-13(9-11)20(3)15-10-14(17-2)18-16(19-15)12-7-8-12/h4-6,9-10,12H,7-8H2,1-3H3,(H,17,18,19). The molecule has 0 atom stereocenters. The van der Waals surface area contributed by atoms with Gasteiger partial charge < -0.3 is 10.2 Å². The van der Waals surface area contributed by atoms with Crippen molar-refractivity contribution >= 4 is 17.3 Å². The summed E-state index contributed by atoms with van der Waals surface area (Å²) in [5.74, 6) is 3.34. The van der Waals surface area contributed by atoms with E-state index in [1.54, 1.807) is 0 Å². The second-order valence-electron chi connectivity index (χ2n) is 5.39. The van der Waals surface area contributed by atoms with Gasteiger partial charge in [0.1, 0.15) is 17.5 Å². The van der Waals surface area contributed by atoms with E-state index in [2.05, 4.69) is 46.4 Å². The van der Waals surface area contributed by atoms with Crippen LogP contribution in [0, 0.1) is 6.92 Å². The molecule has 1 aromatic heterocycles. The van der Waals surface area contributed by atoms with Crippen LogP contribution in [0.15, 0.2) is 30.3 Å². The van der Waals surface area contributed by atoms with Crippen LogP contribution in [0.2, 0.25) is 0 Å². The molecule has 1 saturated carbocycles. The van der Waals surface area contributed by atoms with Crippen molar-refractivity contribution in [2.24, 2.45) is 0 Å². The Morgan fingerprint density at radius 3 is 2.65 bits per heavy atom. The molecule has 1 N–H and O–H groups in total. The van der Waals surface area contributed by atoms with Crippen molar-refractivity contribution in [2.75, 3.05) is 24.3 Å². The van der Waals surface area contributed by atoms with Crippen LogP contribution in [0.4, 0.5) is 17.3 Å². The molecule has 0 aliphatic heterocycles. The van der Waals surface area contributed by atoms with E-state index in [1.165, 1.54) is 18.4 Å². The van der Waals surface area contributed by atoms with E-state index in [4.69, 9.17) is 4.98 Å². The van der Waals surface area contributed by atoms with Crippen LogP contribution < -0.4 is 10.2 Å². The van der Waals surface area contributed by atoms with Gasteiger partial charge in [-0.05, 0) is 37.5 Å². The first kappa shape index (κ1) is 12.9. The van der Waals surface area contributed by atoms with Crippen molar-refractivity contribution in [1.29, 1.82) is 0 Å². The third-order valence-electron chi connectivity index (χ3n) is 3.66. The molecule has 3 rings (SSSR count). The fraction of sp³-hybridized carbons (Fsp3) is 0.375. The maximum absolute atomic E-state index is 4.72. The van der Waals surface area contributed by atoms with Crippen LogP contribution in [0.1, 0.15) is 30.1 Å². The van der Waals surface area contributed by atoms with Crippen molar-refractivity contribution < 1.29 is 0 Å². The zero-order chi connectivity index (χ0) is 14.1. The van der Waals surface area contributed by atoms with E-state index in [0.717, 1.165) is 23.1 Å². The summed E-state index contributed by atoms with van der Waals surface area (Å²) < 4.78 is 0. The SMILES string of the molecule is CNc1cc(N(C)c2cccc(C)c2)nc(C2CC2)n1. The normalized spacial score (nSPS) is 14.2. The lowest BCUT2D eigenvalue weighted by Crippen LogP contribution is -2.13. The summed E-state index contributed by atoms with van der Waals surface area (Å²) in [6.07, 6.45) is 2.42. The van der Waals surface area contributed by atoms with Crippen LogP contribution in [0.25, 0.3) is 0 Å². The van der Waals surface area contributed by atoms with Gasteiger partial charge in [0.05, 0.1) is 0 Å². The molecule has 2 aromatic rings. The second kappa shape index (κ2) is 5.12. The lowest BCUT2D eigenvalue weighted by molar-refractivity contribution is 0.916. The Morgan fingerprint density at radius 2 is 2.00 bits per heavy atom. The fourth-order valence-corrected chi connectivity index (χ4v) is 2.25. The van der Waals surface area contributed by atoms with E-state index in [0.29, 0.717) is 5.92 Å². The third kappa shape index (κ3) is 2.59. The number of anilines is 3. The molecule has 0 radical (unpaired) electrons. The second-order valence-corrected chi connectivity index (χ2v) is 5.39. The van der Waals surface area contributed by atoms with Crippen molar-refractivity contribution in [1.82, 2.24) is 9.97 Å². The molecule has 0 bridgehead atoms. The Bertz CT molecular complexity index is 620. The zero-order valence-corrected chi connectivity index (χ0v) is 12.2. The molecule has 0 unspecified atom stereocenters. The van der Waals surface area contributed by atoms with Crippen molar-refractivity contribution in [3.8, 4) is 0 Å². The topological polar surface area (TPSA) is 41.0 Å². The molecule has 4 nitrogen and oxygen atoms in total. The van der Waals surface area contributed by atoms with Gasteiger partial charge in [-0.3, -0.25) is 0 Å². The zero-order valence-electron chi connectivity index (χ0n) is 12.2. The van der Waals surface area contributed by atoms with E-state index in [-0.39, 0.29) is 0 Å². The number of aryl methyl sites for hydroxylation is 1. The highest BCUT2D eigenvalue weighted by molar-refractivity contribution is 5.62. The molecule has 1 fully saturated rings. The van der Waals surface area contributed by atoms with Gasteiger partial charge in [-0.1, -0.05) is 12.1 Å². The maximum Gasteiger partial charge on any atom is 0.138 e. The van der Waals surface area contributed by atoms with Crippen molar-refractivity contribution in [3.63, 3.8) is 0 Å². The number of benzene rings is 1. The van der Waals surface area contributed by atoms with Crippen molar-refractivity contribution in [2.45, 2.75) is 25.7 Å². The van der Waals surface area contributed by atoms with Gasteiger partial charge in [0, 0.05) is 31.8 Å². The van der Waals surface area contributed by atoms with Crippen LogP contribution >= 0.6 is 0 Å². The fourth-order valence-electron chi connectivity index (χ4n) is 2.25. The summed E-state index contributed by atoms with van der Waals surface area (Å²) in [5.41, 5.74) is 2.40. The molecule has 1 heterocycles. The Morgan fingerprint density at radius 1 is 1.20 bits per heavy atom. The Labute approximate surface area is 119 Å². The van der Waals surface area contributed by atoms with Gasteiger partial charge in [0.25, 0.3) is 0 Å². The van der Waals surface area contributed by atoms with Gasteiger partial charge in [-0.25, -0.2) is 9.97 Å². The van der Waals surface area contributed by atoms with Gasteiger partial charge in [-0.15, -0.1) is 0 Å². The quantitative estimate of drug-likeness (QED) is 0.921. The number of aromatic nitrogens is 2. The lowest BCUT2D eigenvalue weighted by atomic mass is 10.2. The molecule has 0 saturated heterocycles. The van der Waals surface area contributed by atoms with E-state index in [9.17, 15) is 0 Å². The average Bonchev–Trinajstić information content (AvgIpc) is 3.30. The van der Waals surface area contributed by atoms with E-state index >= 15 is 0 Å². The molecular formula is C16H20N4. The van der Waals surface area contributed by atoms with Crippen LogP contribution in [-0.4, -0.2) is 24.1 Å². The molecule has 1 aliphatic carbocycles. The summed E-state index contributed by atoms with van der Waals surface area (Å²) in [6, 6.07) is 10.4. The summed E-state index contributed by atoms with van der Waals surface area (Å²) in [7, 11) is 3.95. The first-order chi connectivity index (χ1) is 9.67. The average molecular weight is 268 g/mol. The highest BCUT2D eigenvalue weighted by Crippen LogP contribution is 2.39. The molecule has 0 spiro atoms. The Balaban J connectivity index is 1.97. The van der Waals surface area contributed by atoms with E-state index in [1.807, 2.05) is 20.2 Å². The maximum atomic E-state index is 4.72. The minimum Gasteiger partial charge on any atom is -0.373 e. The summed E-state index contributed by atoms with van der Waals surface area (Å²) in [4.78, 5) is 11.4. The highest BCUT2D eigenvalue weighted by Gasteiger charge is 2.27. The summed E-state index contributed by atoms with van der Waals surface area (Å²) in [5, 5.41) is 3.13. The predicted octanol–water partition coefficient (Wildman–Crippen LogP) is 3.47. The minimum atomic E-state index is 0.549. The van der Waals surface area contributed by atoms with Crippen LogP contribution in [0.5, 0.6) is 0 Å². The largest absolute Gasteiger partial charge is 0.373 e. The third-order valence-corrected chi connectivity index (χ3v) is 3.66. The molecule has 20 heavy (non-hydrogen) atoms. The van der Waals surface area contributed by atoms with Gasteiger partial charge in [0.2, 0.25) is 0 Å². The number of hydrogen-bond acceptors (Lipinski definition) is 4. The highest BCUT2D eigenvalue weighted by atomic mass is 15.2. The Kier molecular flexibility index (Phi) is 3.30. The first-order valence-electron chi connectivity index (χ1n) is 7.04. The predicted molar refractivity (Wildman–Crippen MR) is 82.8 cm³/mol. The summed E-state index contributed by atoms with van der Waals surface area (Å²) in [6.45, 7) is 2.10. The monoisotopic (exact) mass is 268 g/mol. The number of nitrogens with zero attached hydrogens (tertiary/aromatic N) is 3. The lowest BCUT2D eigenvalue weighted by Gasteiger charge is -2.20. The van der Waals surface area contributed by atoms with Gasteiger partial charge in [-0.2, -0.15) is 0 Å². The number of hydrogen-bond donors (Lipinski definition) is 1. The summed E-state index contributed by atoms with van der Waals surface area (Å²) >= 11 is 0. The molecule has 4 heteroatoms. The molecule has 1 aromatic carbocycles. The number of nitrogens with one attached hydrogen (secondary N) is 1. The smallest absolute Gasteiger partial charge is 0.138 e. The van der Waals surface area contributed by atoms with E-state index < -0.39 is 0 Å². The Hall–Kier alpha value is -2.10. The van der Waals surface area contributed by atoms with Crippen LogP contribution in [0.3, 0.4) is 0 Å². The van der Waals surface area contributed by atoms with Gasteiger partial charge in [0.15, 0.2) is 0 Å². The van der Waals surface area contributed by atoms with Crippen LogP contribution in [-0.2, 0) is 0 Å². The van der Waals surface area contributed by atoms with Gasteiger partial charge >= 0.3 is 0 Å². The molecule has 1 aliphatic rings. The minimum absolute atomic E-state index is 0.549. The molecular weight excluding hydrogens is 248 g/mol. The first-order valence-corrected chi connectivity index (χ1v) is 7.04.